The molecule has 18 heavy (non-hydrogen) atoms. The van der Waals surface area contributed by atoms with Gasteiger partial charge in [0.15, 0.2) is 5.92 Å². The minimum absolute atomic E-state index is 0.0879. The number of carbonyl (C=O) groups is 3. The normalized spacial score (nSPS) is 11.7. The van der Waals surface area contributed by atoms with Gasteiger partial charge in [0.2, 0.25) is 0 Å². The van der Waals surface area contributed by atoms with Crippen LogP contribution in [0.25, 0.3) is 0 Å². The monoisotopic (exact) mass is 270 g/mol. The highest BCUT2D eigenvalue weighted by atomic mass is 32.1. The standard InChI is InChI=1S/C12H14O5S/c1-3-16-11(14)9(8-6-5-7-18-8)10(13)12(15)17-4-2/h5-7,9H,3-4H2,1-2H3. The molecule has 1 aromatic heterocycles. The number of rotatable bonds is 6. The lowest BCUT2D eigenvalue weighted by atomic mass is 10.0. The lowest BCUT2D eigenvalue weighted by Crippen LogP contribution is -2.30. The van der Waals surface area contributed by atoms with E-state index in [-0.39, 0.29) is 13.2 Å². The molecule has 1 rings (SSSR count). The summed E-state index contributed by atoms with van der Waals surface area (Å²) >= 11 is 1.22. The van der Waals surface area contributed by atoms with Crippen LogP contribution in [0.15, 0.2) is 17.5 Å². The van der Waals surface area contributed by atoms with Gasteiger partial charge in [0.25, 0.3) is 5.78 Å². The maximum absolute atomic E-state index is 11.9. The first-order chi connectivity index (χ1) is 8.61. The predicted octanol–water partition coefficient (Wildman–Crippen LogP) is 1.53. The number of ketones is 1. The van der Waals surface area contributed by atoms with Gasteiger partial charge in [0.1, 0.15) is 0 Å². The Hall–Kier alpha value is -1.69. The van der Waals surface area contributed by atoms with E-state index in [1.807, 2.05) is 0 Å². The number of hydrogen-bond donors (Lipinski definition) is 0. The van der Waals surface area contributed by atoms with Crippen LogP contribution in [0.2, 0.25) is 0 Å². The second kappa shape index (κ2) is 6.90. The second-order valence-electron chi connectivity index (χ2n) is 3.29. The molecule has 1 heterocycles. The Morgan fingerprint density at radius 2 is 1.89 bits per heavy atom. The first kappa shape index (κ1) is 14.4. The van der Waals surface area contributed by atoms with Crippen molar-refractivity contribution in [2.24, 2.45) is 0 Å². The molecule has 0 aliphatic carbocycles. The quantitative estimate of drug-likeness (QED) is 0.445. The molecule has 6 heteroatoms. The molecule has 5 nitrogen and oxygen atoms in total. The Kier molecular flexibility index (Phi) is 5.51. The molecule has 0 saturated carbocycles. The van der Waals surface area contributed by atoms with Gasteiger partial charge >= 0.3 is 11.9 Å². The van der Waals surface area contributed by atoms with Gasteiger partial charge in [-0.3, -0.25) is 9.59 Å². The van der Waals surface area contributed by atoms with Crippen LogP contribution in [0, 0.1) is 0 Å². The summed E-state index contributed by atoms with van der Waals surface area (Å²) in [6.45, 7) is 3.47. The van der Waals surface area contributed by atoms with Gasteiger partial charge in [-0.25, -0.2) is 4.79 Å². The third kappa shape index (κ3) is 3.40. The number of esters is 2. The molecule has 0 spiro atoms. The maximum atomic E-state index is 11.9. The molecule has 0 bridgehead atoms. The van der Waals surface area contributed by atoms with E-state index in [9.17, 15) is 14.4 Å². The molecule has 0 amide bonds. The third-order valence-corrected chi connectivity index (χ3v) is 3.03. The van der Waals surface area contributed by atoms with Crippen LogP contribution in [0.5, 0.6) is 0 Å². The zero-order chi connectivity index (χ0) is 13.5. The van der Waals surface area contributed by atoms with E-state index in [1.54, 1.807) is 31.4 Å². The SMILES string of the molecule is CCOC(=O)C(=O)C(C(=O)OCC)c1cccs1. The predicted molar refractivity (Wildman–Crippen MR) is 65.3 cm³/mol. The maximum Gasteiger partial charge on any atom is 0.375 e. The third-order valence-electron chi connectivity index (χ3n) is 2.09. The van der Waals surface area contributed by atoms with Crippen LogP contribution >= 0.6 is 11.3 Å². The Balaban J connectivity index is 2.94. The minimum atomic E-state index is -1.22. The number of Topliss-reactive ketones (excluding diaryl/α,β-unsaturated/α-hetero) is 1. The van der Waals surface area contributed by atoms with E-state index < -0.39 is 23.6 Å². The van der Waals surface area contributed by atoms with Crippen molar-refractivity contribution in [2.45, 2.75) is 19.8 Å². The summed E-state index contributed by atoms with van der Waals surface area (Å²) in [6, 6.07) is 3.31. The van der Waals surface area contributed by atoms with Crippen molar-refractivity contribution in [1.82, 2.24) is 0 Å². The fourth-order valence-corrected chi connectivity index (χ4v) is 2.16. The number of thiophene rings is 1. The largest absolute Gasteiger partial charge is 0.465 e. The van der Waals surface area contributed by atoms with Gasteiger partial charge in [-0.15, -0.1) is 11.3 Å². The molecular weight excluding hydrogens is 256 g/mol. The first-order valence-electron chi connectivity index (χ1n) is 5.52. The van der Waals surface area contributed by atoms with Crippen LogP contribution in [0.4, 0.5) is 0 Å². The fraction of sp³-hybridized carbons (Fsp3) is 0.417. The van der Waals surface area contributed by atoms with E-state index in [0.717, 1.165) is 0 Å². The summed E-state index contributed by atoms with van der Waals surface area (Å²) in [4.78, 5) is 35.5. The highest BCUT2D eigenvalue weighted by Gasteiger charge is 2.36. The summed E-state index contributed by atoms with van der Waals surface area (Å²) in [5, 5.41) is 1.72. The lowest BCUT2D eigenvalue weighted by Gasteiger charge is -2.11. The highest BCUT2D eigenvalue weighted by Crippen LogP contribution is 2.24. The van der Waals surface area contributed by atoms with Crippen LogP contribution in [0.1, 0.15) is 24.6 Å². The summed E-state index contributed by atoms with van der Waals surface area (Å²) in [5.74, 6) is -3.84. The molecule has 0 aromatic carbocycles. The Bertz CT molecular complexity index is 424. The van der Waals surface area contributed by atoms with Crippen LogP contribution < -0.4 is 0 Å². The summed E-state index contributed by atoms with van der Waals surface area (Å²) in [7, 11) is 0. The van der Waals surface area contributed by atoms with Crippen molar-refractivity contribution >= 4 is 29.1 Å². The van der Waals surface area contributed by atoms with Gasteiger partial charge in [-0.05, 0) is 25.3 Å². The van der Waals surface area contributed by atoms with E-state index in [4.69, 9.17) is 4.74 Å². The Labute approximate surface area is 109 Å². The topological polar surface area (TPSA) is 69.7 Å². The summed E-state index contributed by atoms with van der Waals surface area (Å²) < 4.78 is 9.44. The zero-order valence-electron chi connectivity index (χ0n) is 10.2. The number of carbonyl (C=O) groups excluding carboxylic acids is 3. The summed E-state index contributed by atoms with van der Waals surface area (Å²) in [5.41, 5.74) is 0. The molecular formula is C12H14O5S. The molecule has 0 radical (unpaired) electrons. The number of ether oxygens (including phenoxy) is 2. The van der Waals surface area contributed by atoms with Gasteiger partial charge in [-0.1, -0.05) is 6.07 Å². The van der Waals surface area contributed by atoms with Gasteiger partial charge in [-0.2, -0.15) is 0 Å². The van der Waals surface area contributed by atoms with E-state index >= 15 is 0 Å². The fourth-order valence-electron chi connectivity index (χ4n) is 1.35. The highest BCUT2D eigenvalue weighted by molar-refractivity contribution is 7.10. The van der Waals surface area contributed by atoms with E-state index in [2.05, 4.69) is 4.74 Å². The molecule has 0 aliphatic rings. The van der Waals surface area contributed by atoms with Crippen molar-refractivity contribution in [2.75, 3.05) is 13.2 Å². The van der Waals surface area contributed by atoms with Crippen LogP contribution in [-0.4, -0.2) is 30.9 Å². The Morgan fingerprint density at radius 1 is 1.22 bits per heavy atom. The molecule has 0 aliphatic heterocycles. The molecule has 0 fully saturated rings. The van der Waals surface area contributed by atoms with E-state index in [1.165, 1.54) is 11.3 Å². The molecule has 0 saturated heterocycles. The van der Waals surface area contributed by atoms with Crippen molar-refractivity contribution in [3.05, 3.63) is 22.4 Å². The average molecular weight is 270 g/mol. The van der Waals surface area contributed by atoms with Crippen LogP contribution in [0.3, 0.4) is 0 Å². The van der Waals surface area contributed by atoms with Gasteiger partial charge < -0.3 is 9.47 Å². The van der Waals surface area contributed by atoms with Crippen molar-refractivity contribution in [1.29, 1.82) is 0 Å². The minimum Gasteiger partial charge on any atom is -0.465 e. The van der Waals surface area contributed by atoms with E-state index in [0.29, 0.717) is 4.88 Å². The van der Waals surface area contributed by atoms with Gasteiger partial charge in [0, 0.05) is 4.88 Å². The average Bonchev–Trinajstić information content (AvgIpc) is 2.83. The zero-order valence-corrected chi connectivity index (χ0v) is 11.0. The van der Waals surface area contributed by atoms with Crippen molar-refractivity contribution < 1.29 is 23.9 Å². The lowest BCUT2D eigenvalue weighted by molar-refractivity contribution is -0.159. The molecule has 1 atom stereocenters. The van der Waals surface area contributed by atoms with Crippen molar-refractivity contribution in [3.8, 4) is 0 Å². The second-order valence-corrected chi connectivity index (χ2v) is 4.26. The Morgan fingerprint density at radius 3 is 2.39 bits per heavy atom. The number of hydrogen-bond acceptors (Lipinski definition) is 6. The van der Waals surface area contributed by atoms with Crippen molar-refractivity contribution in [3.63, 3.8) is 0 Å². The van der Waals surface area contributed by atoms with Gasteiger partial charge in [0.05, 0.1) is 13.2 Å². The smallest absolute Gasteiger partial charge is 0.375 e. The first-order valence-corrected chi connectivity index (χ1v) is 6.40. The summed E-state index contributed by atoms with van der Waals surface area (Å²) in [6.07, 6.45) is 0. The molecule has 0 N–H and O–H groups in total. The molecule has 98 valence electrons. The molecule has 1 unspecified atom stereocenters. The molecule has 1 aromatic rings. The van der Waals surface area contributed by atoms with Crippen LogP contribution in [-0.2, 0) is 23.9 Å².